The van der Waals surface area contributed by atoms with Crippen molar-refractivity contribution in [2.75, 3.05) is 34.3 Å². The van der Waals surface area contributed by atoms with Crippen LogP contribution in [0, 0.1) is 23.7 Å². The second-order valence-corrected chi connectivity index (χ2v) is 13.3. The van der Waals surface area contributed by atoms with Crippen LogP contribution in [-0.4, -0.2) is 110 Å². The van der Waals surface area contributed by atoms with Crippen molar-refractivity contribution in [1.29, 1.82) is 0 Å². The molecule has 12 nitrogen and oxygen atoms in total. The van der Waals surface area contributed by atoms with Crippen LogP contribution in [0.1, 0.15) is 57.9 Å². The maximum atomic E-state index is 13.5. The van der Waals surface area contributed by atoms with E-state index in [9.17, 15) is 19.5 Å². The van der Waals surface area contributed by atoms with Crippen molar-refractivity contribution in [3.8, 4) is 0 Å². The Morgan fingerprint density at radius 1 is 1.20 bits per heavy atom. The molecule has 256 valence electrons. The summed E-state index contributed by atoms with van der Waals surface area (Å²) in [7, 11) is 5.29. The van der Waals surface area contributed by atoms with Crippen molar-refractivity contribution in [2.45, 2.75) is 89.7 Å². The van der Waals surface area contributed by atoms with Crippen LogP contribution >= 0.6 is 0 Å². The summed E-state index contributed by atoms with van der Waals surface area (Å²) >= 11 is 0. The minimum absolute atomic E-state index is 0.114. The number of aliphatic hydroxyl groups is 1. The molecule has 0 unspecified atom stereocenters. The molecule has 1 amide bonds. The van der Waals surface area contributed by atoms with Crippen molar-refractivity contribution in [2.24, 2.45) is 23.7 Å². The summed E-state index contributed by atoms with van der Waals surface area (Å²) in [6.07, 6.45) is 3.59. The van der Waals surface area contributed by atoms with Crippen LogP contribution in [0.2, 0.25) is 0 Å². The Morgan fingerprint density at radius 2 is 1.93 bits per heavy atom. The van der Waals surface area contributed by atoms with Crippen LogP contribution in [0.3, 0.4) is 0 Å². The van der Waals surface area contributed by atoms with Crippen LogP contribution < -0.4 is 5.32 Å². The lowest BCUT2D eigenvalue weighted by molar-refractivity contribution is -0.172. The Bertz CT molecular complexity index is 1260. The van der Waals surface area contributed by atoms with E-state index in [-0.39, 0.29) is 24.2 Å². The average molecular weight is 646 g/mol. The molecule has 1 spiro atoms. The van der Waals surface area contributed by atoms with Crippen LogP contribution in [0.25, 0.3) is 0 Å². The van der Waals surface area contributed by atoms with Gasteiger partial charge in [0.2, 0.25) is 0 Å². The van der Waals surface area contributed by atoms with Gasteiger partial charge in [-0.15, -0.1) is 0 Å². The first-order valence-corrected chi connectivity index (χ1v) is 16.2. The van der Waals surface area contributed by atoms with Gasteiger partial charge in [0.1, 0.15) is 30.1 Å². The zero-order valence-electron chi connectivity index (χ0n) is 28.2. The number of hydrogen-bond acceptors (Lipinski definition) is 10. The summed E-state index contributed by atoms with van der Waals surface area (Å²) in [5.41, 5.74) is 0.413. The van der Waals surface area contributed by atoms with Crippen molar-refractivity contribution in [1.82, 2.24) is 15.2 Å². The maximum Gasteiger partial charge on any atom is 0.407 e. The van der Waals surface area contributed by atoms with Gasteiger partial charge in [-0.25, -0.2) is 14.4 Å². The quantitative estimate of drug-likeness (QED) is 0.186. The summed E-state index contributed by atoms with van der Waals surface area (Å²) < 4.78 is 30.4. The van der Waals surface area contributed by atoms with Crippen molar-refractivity contribution < 1.29 is 43.2 Å². The van der Waals surface area contributed by atoms with Crippen molar-refractivity contribution >= 4 is 18.0 Å². The predicted molar refractivity (Wildman–Crippen MR) is 170 cm³/mol. The van der Waals surface area contributed by atoms with E-state index in [4.69, 9.17) is 23.7 Å². The number of H-pyrrole nitrogens is 1. The fourth-order valence-electron chi connectivity index (χ4n) is 6.86. The lowest BCUT2D eigenvalue weighted by atomic mass is 9.69. The van der Waals surface area contributed by atoms with Crippen LogP contribution in [0.4, 0.5) is 4.79 Å². The third kappa shape index (κ3) is 7.84. The third-order valence-corrected chi connectivity index (χ3v) is 9.71. The van der Waals surface area contributed by atoms with Gasteiger partial charge in [-0.3, -0.25) is 0 Å². The first-order valence-electron chi connectivity index (χ1n) is 16.2. The highest BCUT2D eigenvalue weighted by molar-refractivity contribution is 5.87. The lowest BCUT2D eigenvalue weighted by Crippen LogP contribution is -2.48. The van der Waals surface area contributed by atoms with Gasteiger partial charge in [0.15, 0.2) is 6.10 Å². The topological polar surface area (TPSA) is 149 Å². The predicted octanol–water partition coefficient (Wildman–Crippen LogP) is 3.48. The molecule has 3 heterocycles. The fourth-order valence-corrected chi connectivity index (χ4v) is 6.86. The van der Waals surface area contributed by atoms with Gasteiger partial charge in [-0.1, -0.05) is 32.1 Å². The summed E-state index contributed by atoms with van der Waals surface area (Å²) in [6, 6.07) is 3.36. The molecule has 12 heteroatoms. The van der Waals surface area contributed by atoms with Gasteiger partial charge in [0, 0.05) is 50.1 Å². The van der Waals surface area contributed by atoms with Gasteiger partial charge in [-0.05, 0) is 65.4 Å². The Kier molecular flexibility index (Phi) is 11.7. The monoisotopic (exact) mass is 645 g/mol. The maximum absolute atomic E-state index is 13.5. The Morgan fingerprint density at radius 3 is 2.57 bits per heavy atom. The number of esters is 2. The molecule has 1 aliphatic carbocycles. The molecular formula is C34H51N3O9. The first-order chi connectivity index (χ1) is 21.8. The van der Waals surface area contributed by atoms with E-state index in [1.54, 1.807) is 32.2 Å². The van der Waals surface area contributed by atoms with E-state index in [1.807, 2.05) is 45.8 Å². The number of alkyl carbamates (subject to hydrolysis) is 1. The number of rotatable bonds is 11. The van der Waals surface area contributed by atoms with Crippen LogP contribution in [-0.2, 0) is 28.5 Å². The summed E-state index contributed by atoms with van der Waals surface area (Å²) in [6.45, 7) is 10.2. The van der Waals surface area contributed by atoms with Gasteiger partial charge < -0.3 is 44.0 Å². The number of likely N-dealkylation sites (N-methyl/N-ethyl adjacent to an activating group) is 1. The van der Waals surface area contributed by atoms with Crippen molar-refractivity contribution in [3.05, 3.63) is 47.8 Å². The number of aliphatic hydroxyl groups excluding tert-OH is 1. The molecule has 2 aliphatic heterocycles. The highest BCUT2D eigenvalue weighted by atomic mass is 16.6. The molecule has 1 saturated heterocycles. The molecule has 3 N–H and O–H groups in total. The number of methoxy groups -OCH3 is 1. The molecule has 3 aliphatic rings. The molecule has 0 aromatic carbocycles. The molecule has 0 radical (unpaired) electrons. The molecule has 4 rings (SSSR count). The lowest BCUT2D eigenvalue weighted by Gasteiger charge is -2.41. The second-order valence-electron chi connectivity index (χ2n) is 13.3. The Balaban J connectivity index is 1.64. The highest BCUT2D eigenvalue weighted by Crippen LogP contribution is 2.53. The van der Waals surface area contributed by atoms with E-state index in [2.05, 4.69) is 22.5 Å². The van der Waals surface area contributed by atoms with E-state index in [0.29, 0.717) is 25.2 Å². The number of hydrogen-bond donors (Lipinski definition) is 3. The number of aromatic amines is 1. The van der Waals surface area contributed by atoms with Crippen LogP contribution in [0.15, 0.2) is 42.1 Å². The Hall–Kier alpha value is -3.19. The molecule has 46 heavy (non-hydrogen) atoms. The van der Waals surface area contributed by atoms with Gasteiger partial charge in [0.05, 0.1) is 11.7 Å². The number of ether oxygens (including phenoxy) is 5. The van der Waals surface area contributed by atoms with E-state index >= 15 is 0 Å². The number of nitrogens with one attached hydrogen (secondary N) is 2. The van der Waals surface area contributed by atoms with E-state index in [0.717, 1.165) is 5.57 Å². The van der Waals surface area contributed by atoms with Crippen molar-refractivity contribution in [3.63, 3.8) is 0 Å². The number of amides is 1. The largest absolute Gasteiger partial charge is 0.456 e. The van der Waals surface area contributed by atoms with Gasteiger partial charge in [-0.2, -0.15) is 0 Å². The number of aromatic nitrogens is 1. The number of carbonyl (C=O) groups is 3. The minimum Gasteiger partial charge on any atom is -0.456 e. The molecular weight excluding hydrogens is 594 g/mol. The SMILES string of the molecule is CO[C@H]1C[C@H]2C=C[C@@H]3C[C@]2(O[C@H]3[C@H](OC(=O)c2ccc[nH]2)[C@H](C)[C@H](C)O)/C(C)=C/[C@@H](C)[C@@H]([C@@H](C)OC(=O)NCCN(C)C)OC1=O. The normalized spacial score (nSPS) is 33.1. The Labute approximate surface area is 271 Å². The third-order valence-electron chi connectivity index (χ3n) is 9.71. The van der Waals surface area contributed by atoms with E-state index in [1.165, 1.54) is 7.11 Å². The number of fused-ring (bicyclic) bond motifs is 1. The summed E-state index contributed by atoms with van der Waals surface area (Å²) in [5.74, 6) is -2.22. The zero-order chi connectivity index (χ0) is 33.8. The number of carbonyl (C=O) groups excluding carboxylic acids is 3. The second kappa shape index (κ2) is 15.1. The number of nitrogens with zero attached hydrogens (tertiary/aromatic N) is 1. The molecule has 1 fully saturated rings. The number of cyclic esters (lactones) is 1. The molecule has 11 atom stereocenters. The van der Waals surface area contributed by atoms with Gasteiger partial charge in [0.25, 0.3) is 0 Å². The summed E-state index contributed by atoms with van der Waals surface area (Å²) in [4.78, 5) is 44.0. The highest BCUT2D eigenvalue weighted by Gasteiger charge is 2.57. The zero-order valence-corrected chi connectivity index (χ0v) is 28.2. The molecule has 0 saturated carbocycles. The first kappa shape index (κ1) is 35.7. The molecule has 1 aromatic rings. The smallest absolute Gasteiger partial charge is 0.407 e. The fraction of sp³-hybridized carbons (Fsp3) is 0.676. The average Bonchev–Trinajstić information content (AvgIpc) is 3.64. The molecule has 2 bridgehead atoms. The minimum atomic E-state index is -0.898. The van der Waals surface area contributed by atoms with Crippen LogP contribution in [0.5, 0.6) is 0 Å². The standard InChI is InChI=1S/C34H51N3O9/c1-19-16-20(2)34-18-24(30(46-34)29(21(3)22(4)38)45-31(39)26-10-9-13-35-26)11-12-25(34)17-27(42-8)32(40)44-28(19)23(5)43-33(41)36-14-15-37(6)7/h9-13,16,19,21-25,27-30,35,38H,14-15,17-18H2,1-8H3,(H,36,41)/b20-16+/t19-,21-,22+,23-,24-,25-,27+,28+,29-,30-,34+/m1/s1. The summed E-state index contributed by atoms with van der Waals surface area (Å²) in [5, 5.41) is 13.4. The molecule has 1 aromatic heterocycles. The van der Waals surface area contributed by atoms with Gasteiger partial charge >= 0.3 is 18.0 Å². The van der Waals surface area contributed by atoms with E-state index < -0.39 is 66.2 Å².